The van der Waals surface area contributed by atoms with Crippen LogP contribution < -0.4 is 15.5 Å². The summed E-state index contributed by atoms with van der Waals surface area (Å²) in [7, 11) is 0. The van der Waals surface area contributed by atoms with Gasteiger partial charge in [-0.2, -0.15) is 10.1 Å². The van der Waals surface area contributed by atoms with Gasteiger partial charge in [0.2, 0.25) is 5.95 Å². The highest BCUT2D eigenvalue weighted by atomic mass is 32.1. The molecular formula is C25H29N7O2S. The van der Waals surface area contributed by atoms with Crippen molar-refractivity contribution >= 4 is 44.7 Å². The van der Waals surface area contributed by atoms with E-state index in [1.165, 1.54) is 5.69 Å². The van der Waals surface area contributed by atoms with Gasteiger partial charge >= 0.3 is 0 Å². The molecule has 2 aliphatic rings. The van der Waals surface area contributed by atoms with Crippen LogP contribution in [0, 0.1) is 0 Å². The first-order chi connectivity index (χ1) is 17.2. The molecule has 0 amide bonds. The first-order valence-electron chi connectivity index (χ1n) is 12.2. The zero-order valence-corrected chi connectivity index (χ0v) is 20.2. The Morgan fingerprint density at radius 2 is 1.86 bits per heavy atom. The molecule has 0 spiro atoms. The van der Waals surface area contributed by atoms with Crippen molar-refractivity contribution in [3.63, 3.8) is 0 Å². The maximum absolute atomic E-state index is 9.83. The Kier molecular flexibility index (Phi) is 6.24. The fourth-order valence-electron chi connectivity index (χ4n) is 4.74. The normalized spacial score (nSPS) is 20.8. The van der Waals surface area contributed by atoms with Crippen molar-refractivity contribution in [1.29, 1.82) is 0 Å². The summed E-state index contributed by atoms with van der Waals surface area (Å²) < 4.78 is 8.40. The second kappa shape index (κ2) is 9.80. The molecule has 3 aromatic heterocycles. The number of aliphatic hydroxyl groups excluding tert-OH is 1. The van der Waals surface area contributed by atoms with Crippen LogP contribution in [0.5, 0.6) is 0 Å². The summed E-state index contributed by atoms with van der Waals surface area (Å²) in [5, 5.41) is 23.4. The lowest BCUT2D eigenvalue weighted by molar-refractivity contribution is 0.122. The van der Waals surface area contributed by atoms with E-state index < -0.39 is 0 Å². The Bertz CT molecular complexity index is 1290. The van der Waals surface area contributed by atoms with Crippen LogP contribution >= 0.6 is 11.3 Å². The molecule has 4 heterocycles. The average Bonchev–Trinajstić information content (AvgIpc) is 3.56. The zero-order valence-electron chi connectivity index (χ0n) is 19.4. The van der Waals surface area contributed by atoms with Gasteiger partial charge in [-0.05, 0) is 55.3 Å². The molecule has 1 saturated heterocycles. The van der Waals surface area contributed by atoms with Crippen LogP contribution in [0.4, 0.5) is 23.1 Å². The number of fused-ring (bicyclic) bond motifs is 1. The number of thiophene rings is 1. The standard InChI is InChI=1S/C25H29N7O2S/c33-21-6-4-17(5-7-21)27-24-23-22(8-13-35-23)29-25(30-24)28-18-15-26-32(16-18)20-3-1-2-19(14-20)31-9-11-34-12-10-31/h1-3,8,13-17,21,33H,4-7,9-12H2,(H2,27,28,29,30). The van der Waals surface area contributed by atoms with Gasteiger partial charge in [0.25, 0.3) is 0 Å². The SMILES string of the molecule is OC1CCC(Nc2nc(Nc3cnn(-c4cccc(N5CCOCC5)c4)c3)nc3ccsc23)CC1. The minimum Gasteiger partial charge on any atom is -0.393 e. The topological polar surface area (TPSA) is 100 Å². The number of hydrogen-bond acceptors (Lipinski definition) is 9. The molecule has 1 aliphatic heterocycles. The van der Waals surface area contributed by atoms with E-state index in [1.54, 1.807) is 17.5 Å². The molecule has 1 saturated carbocycles. The average molecular weight is 492 g/mol. The van der Waals surface area contributed by atoms with Crippen LogP contribution in [0.1, 0.15) is 25.7 Å². The lowest BCUT2D eigenvalue weighted by atomic mass is 9.93. The molecule has 0 unspecified atom stereocenters. The third-order valence-corrected chi connectivity index (χ3v) is 7.56. The summed E-state index contributed by atoms with van der Waals surface area (Å²) >= 11 is 1.64. The van der Waals surface area contributed by atoms with E-state index in [0.717, 1.165) is 79.4 Å². The second-order valence-corrected chi connectivity index (χ2v) is 10.0. The molecule has 2 fully saturated rings. The van der Waals surface area contributed by atoms with Crippen molar-refractivity contribution in [1.82, 2.24) is 19.7 Å². The Morgan fingerprint density at radius 1 is 1.03 bits per heavy atom. The van der Waals surface area contributed by atoms with Crippen molar-refractivity contribution in [2.24, 2.45) is 0 Å². The number of aliphatic hydroxyl groups is 1. The Labute approximate surface area is 207 Å². The van der Waals surface area contributed by atoms with E-state index in [2.05, 4.69) is 44.9 Å². The molecule has 35 heavy (non-hydrogen) atoms. The van der Waals surface area contributed by atoms with Crippen LogP contribution in [-0.4, -0.2) is 63.3 Å². The van der Waals surface area contributed by atoms with Crippen molar-refractivity contribution in [3.05, 3.63) is 48.1 Å². The van der Waals surface area contributed by atoms with E-state index in [0.29, 0.717) is 12.0 Å². The minimum absolute atomic E-state index is 0.177. The summed E-state index contributed by atoms with van der Waals surface area (Å²) in [6, 6.07) is 10.7. The quantitative estimate of drug-likeness (QED) is 0.370. The van der Waals surface area contributed by atoms with Crippen LogP contribution in [-0.2, 0) is 4.74 Å². The summed E-state index contributed by atoms with van der Waals surface area (Å²) in [6.07, 6.45) is 7.10. The first kappa shape index (κ1) is 22.3. The van der Waals surface area contributed by atoms with Gasteiger partial charge in [-0.15, -0.1) is 11.3 Å². The molecule has 6 rings (SSSR count). The number of benzene rings is 1. The fourth-order valence-corrected chi connectivity index (χ4v) is 5.53. The number of hydrogen-bond donors (Lipinski definition) is 3. The summed E-state index contributed by atoms with van der Waals surface area (Å²) in [4.78, 5) is 11.8. The highest BCUT2D eigenvalue weighted by molar-refractivity contribution is 7.17. The number of morpholine rings is 1. The molecule has 10 heteroatoms. The van der Waals surface area contributed by atoms with Crippen molar-refractivity contribution < 1.29 is 9.84 Å². The molecular weight excluding hydrogens is 462 g/mol. The van der Waals surface area contributed by atoms with Crippen molar-refractivity contribution in [3.8, 4) is 5.69 Å². The van der Waals surface area contributed by atoms with Gasteiger partial charge in [-0.25, -0.2) is 9.67 Å². The predicted octanol–water partition coefficient (Wildman–Crippen LogP) is 4.17. The maximum Gasteiger partial charge on any atom is 0.229 e. The van der Waals surface area contributed by atoms with Gasteiger partial charge < -0.3 is 25.4 Å². The van der Waals surface area contributed by atoms with Gasteiger partial charge in [0.15, 0.2) is 0 Å². The van der Waals surface area contributed by atoms with Crippen LogP contribution in [0.15, 0.2) is 48.1 Å². The monoisotopic (exact) mass is 491 g/mol. The zero-order chi connectivity index (χ0) is 23.6. The van der Waals surface area contributed by atoms with E-state index in [1.807, 2.05) is 22.3 Å². The maximum atomic E-state index is 9.83. The van der Waals surface area contributed by atoms with E-state index in [9.17, 15) is 5.11 Å². The lowest BCUT2D eigenvalue weighted by Gasteiger charge is -2.29. The molecule has 9 nitrogen and oxygen atoms in total. The van der Waals surface area contributed by atoms with Crippen LogP contribution in [0.3, 0.4) is 0 Å². The molecule has 0 radical (unpaired) electrons. The highest BCUT2D eigenvalue weighted by Crippen LogP contribution is 2.31. The minimum atomic E-state index is -0.177. The molecule has 3 N–H and O–H groups in total. The Morgan fingerprint density at radius 3 is 2.71 bits per heavy atom. The van der Waals surface area contributed by atoms with E-state index in [-0.39, 0.29) is 6.10 Å². The fraction of sp³-hybridized carbons (Fsp3) is 0.400. The van der Waals surface area contributed by atoms with Crippen LogP contribution in [0.25, 0.3) is 15.9 Å². The van der Waals surface area contributed by atoms with E-state index in [4.69, 9.17) is 14.7 Å². The molecule has 182 valence electrons. The van der Waals surface area contributed by atoms with Gasteiger partial charge in [-0.1, -0.05) is 6.07 Å². The molecule has 0 bridgehead atoms. The number of anilines is 4. The Hall–Kier alpha value is -3.21. The molecule has 0 atom stereocenters. The molecule has 1 aromatic carbocycles. The molecule has 4 aromatic rings. The van der Waals surface area contributed by atoms with Gasteiger partial charge in [0, 0.05) is 24.8 Å². The highest BCUT2D eigenvalue weighted by Gasteiger charge is 2.21. The number of nitrogens with zero attached hydrogens (tertiary/aromatic N) is 5. The summed E-state index contributed by atoms with van der Waals surface area (Å²) in [5.74, 6) is 1.38. The Balaban J connectivity index is 1.21. The predicted molar refractivity (Wildman–Crippen MR) is 139 cm³/mol. The summed E-state index contributed by atoms with van der Waals surface area (Å²) in [6.45, 7) is 3.31. The number of aromatic nitrogens is 4. The second-order valence-electron chi connectivity index (χ2n) is 9.10. The van der Waals surface area contributed by atoms with Gasteiger partial charge in [0.05, 0.1) is 53.3 Å². The van der Waals surface area contributed by atoms with E-state index >= 15 is 0 Å². The van der Waals surface area contributed by atoms with Crippen molar-refractivity contribution in [2.45, 2.75) is 37.8 Å². The number of ether oxygens (including phenoxy) is 1. The first-order valence-corrected chi connectivity index (χ1v) is 13.0. The third-order valence-electron chi connectivity index (χ3n) is 6.65. The van der Waals surface area contributed by atoms with Gasteiger partial charge in [0.1, 0.15) is 5.82 Å². The van der Waals surface area contributed by atoms with Crippen molar-refractivity contribution in [2.75, 3.05) is 41.8 Å². The van der Waals surface area contributed by atoms with Crippen LogP contribution in [0.2, 0.25) is 0 Å². The number of nitrogens with one attached hydrogen (secondary N) is 2. The summed E-state index contributed by atoms with van der Waals surface area (Å²) in [5.41, 5.74) is 3.91. The van der Waals surface area contributed by atoms with Gasteiger partial charge in [-0.3, -0.25) is 0 Å². The largest absolute Gasteiger partial charge is 0.393 e. The lowest BCUT2D eigenvalue weighted by Crippen LogP contribution is -2.36. The smallest absolute Gasteiger partial charge is 0.229 e. The number of rotatable bonds is 6. The molecule has 1 aliphatic carbocycles. The third kappa shape index (κ3) is 4.95.